The Hall–Kier alpha value is -2.20. The molecule has 0 unspecified atom stereocenters. The standard InChI is InChI=1S/C26H31BrN2O/c27-19-9-6-4-2-1-3-5-7-13-21-14-11-15-22-16-12-18-23(25(21)22)29-26(30)24-17-8-10-20-28-24/h8,10-12,14-18,20H,1-7,9,13,19H2,(H,29,30). The molecule has 1 aromatic heterocycles. The third-order valence-electron chi connectivity index (χ3n) is 5.47. The van der Waals surface area contributed by atoms with Crippen molar-refractivity contribution in [3.05, 3.63) is 72.1 Å². The van der Waals surface area contributed by atoms with Crippen LogP contribution in [0.15, 0.2) is 60.8 Å². The molecule has 0 fully saturated rings. The number of nitrogens with zero attached hydrogens (tertiary/aromatic N) is 1. The SMILES string of the molecule is O=C(Nc1cccc2cccc(CCCCCCCCCCBr)c12)c1ccccn1. The van der Waals surface area contributed by atoms with Crippen molar-refractivity contribution >= 4 is 38.3 Å². The van der Waals surface area contributed by atoms with E-state index in [1.54, 1.807) is 12.3 Å². The van der Waals surface area contributed by atoms with E-state index >= 15 is 0 Å². The van der Waals surface area contributed by atoms with E-state index in [4.69, 9.17) is 0 Å². The molecule has 0 saturated carbocycles. The minimum absolute atomic E-state index is 0.169. The number of hydrogen-bond acceptors (Lipinski definition) is 2. The molecule has 1 N–H and O–H groups in total. The second-order valence-corrected chi connectivity index (χ2v) is 8.55. The lowest BCUT2D eigenvalue weighted by Gasteiger charge is -2.13. The van der Waals surface area contributed by atoms with Crippen molar-refractivity contribution in [3.63, 3.8) is 0 Å². The number of fused-ring (bicyclic) bond motifs is 1. The molecule has 0 radical (unpaired) electrons. The Labute approximate surface area is 188 Å². The molecule has 0 aliphatic heterocycles. The van der Waals surface area contributed by atoms with Gasteiger partial charge < -0.3 is 5.32 Å². The topological polar surface area (TPSA) is 42.0 Å². The normalized spacial score (nSPS) is 11.0. The van der Waals surface area contributed by atoms with Gasteiger partial charge in [-0.2, -0.15) is 0 Å². The first-order valence-corrected chi connectivity index (χ1v) is 12.2. The average molecular weight is 467 g/mol. The molecule has 0 aliphatic rings. The molecule has 0 bridgehead atoms. The van der Waals surface area contributed by atoms with Gasteiger partial charge in [-0.05, 0) is 48.4 Å². The number of alkyl halides is 1. The van der Waals surface area contributed by atoms with Crippen LogP contribution in [0, 0.1) is 0 Å². The summed E-state index contributed by atoms with van der Waals surface area (Å²) < 4.78 is 0. The molecule has 3 nitrogen and oxygen atoms in total. The largest absolute Gasteiger partial charge is 0.320 e. The second-order valence-electron chi connectivity index (χ2n) is 7.76. The fourth-order valence-electron chi connectivity index (χ4n) is 3.89. The van der Waals surface area contributed by atoms with Crippen molar-refractivity contribution < 1.29 is 4.79 Å². The van der Waals surface area contributed by atoms with Gasteiger partial charge in [0, 0.05) is 22.6 Å². The number of nitrogens with one attached hydrogen (secondary N) is 1. The number of amides is 1. The number of rotatable bonds is 12. The van der Waals surface area contributed by atoms with E-state index in [2.05, 4.69) is 50.5 Å². The lowest BCUT2D eigenvalue weighted by atomic mass is 9.97. The number of anilines is 1. The molecule has 4 heteroatoms. The number of halogens is 1. The highest BCUT2D eigenvalue weighted by Gasteiger charge is 2.11. The lowest BCUT2D eigenvalue weighted by Crippen LogP contribution is -2.13. The summed E-state index contributed by atoms with van der Waals surface area (Å²) in [5.41, 5.74) is 2.61. The average Bonchev–Trinajstić information content (AvgIpc) is 2.78. The molecule has 30 heavy (non-hydrogen) atoms. The highest BCUT2D eigenvalue weighted by molar-refractivity contribution is 9.09. The summed E-state index contributed by atoms with van der Waals surface area (Å²) in [6, 6.07) is 17.9. The van der Waals surface area contributed by atoms with Crippen LogP contribution in [0.25, 0.3) is 10.8 Å². The smallest absolute Gasteiger partial charge is 0.274 e. The number of unbranched alkanes of at least 4 members (excludes halogenated alkanes) is 7. The minimum Gasteiger partial charge on any atom is -0.320 e. The van der Waals surface area contributed by atoms with Crippen LogP contribution in [0.4, 0.5) is 5.69 Å². The predicted octanol–water partition coefficient (Wildman–Crippen LogP) is 7.55. The van der Waals surface area contributed by atoms with E-state index in [1.807, 2.05) is 24.3 Å². The first-order valence-electron chi connectivity index (χ1n) is 11.1. The molecule has 3 rings (SSSR count). The number of hydrogen-bond donors (Lipinski definition) is 1. The quantitative estimate of drug-likeness (QED) is 0.221. The van der Waals surface area contributed by atoms with E-state index in [1.165, 1.54) is 56.9 Å². The third kappa shape index (κ3) is 6.66. The number of carbonyl (C=O) groups is 1. The molecule has 1 heterocycles. The van der Waals surface area contributed by atoms with Crippen LogP contribution in [0.5, 0.6) is 0 Å². The zero-order chi connectivity index (χ0) is 21.0. The first kappa shape index (κ1) is 22.5. The monoisotopic (exact) mass is 466 g/mol. The Morgan fingerprint density at radius 3 is 2.20 bits per heavy atom. The minimum atomic E-state index is -0.169. The van der Waals surface area contributed by atoms with Gasteiger partial charge >= 0.3 is 0 Å². The predicted molar refractivity (Wildman–Crippen MR) is 131 cm³/mol. The van der Waals surface area contributed by atoms with E-state index in [0.717, 1.165) is 28.2 Å². The van der Waals surface area contributed by atoms with Crippen molar-refractivity contribution in [2.75, 3.05) is 10.6 Å². The fraction of sp³-hybridized carbons (Fsp3) is 0.385. The Balaban J connectivity index is 1.59. The Morgan fingerprint density at radius 1 is 0.800 bits per heavy atom. The molecular weight excluding hydrogens is 436 g/mol. The number of benzene rings is 2. The van der Waals surface area contributed by atoms with E-state index in [0.29, 0.717) is 5.69 Å². The molecule has 3 aromatic rings. The molecule has 158 valence electrons. The van der Waals surface area contributed by atoms with Crippen LogP contribution < -0.4 is 5.32 Å². The van der Waals surface area contributed by atoms with Crippen LogP contribution in [-0.2, 0) is 6.42 Å². The molecule has 1 amide bonds. The zero-order valence-corrected chi connectivity index (χ0v) is 19.2. The number of carbonyl (C=O) groups excluding carboxylic acids is 1. The summed E-state index contributed by atoms with van der Waals surface area (Å²) in [6.07, 6.45) is 13.1. The van der Waals surface area contributed by atoms with E-state index in [9.17, 15) is 4.79 Å². The molecule has 0 aliphatic carbocycles. The summed E-state index contributed by atoms with van der Waals surface area (Å²) in [7, 11) is 0. The van der Waals surface area contributed by atoms with Crippen LogP contribution in [0.2, 0.25) is 0 Å². The van der Waals surface area contributed by atoms with Gasteiger partial charge in [-0.3, -0.25) is 9.78 Å². The molecule has 2 aromatic carbocycles. The van der Waals surface area contributed by atoms with Gasteiger partial charge in [-0.25, -0.2) is 0 Å². The van der Waals surface area contributed by atoms with Crippen LogP contribution >= 0.6 is 15.9 Å². The van der Waals surface area contributed by atoms with Gasteiger partial charge in [-0.15, -0.1) is 0 Å². The summed E-state index contributed by atoms with van der Waals surface area (Å²) in [5, 5.41) is 6.52. The lowest BCUT2D eigenvalue weighted by molar-refractivity contribution is 0.102. The van der Waals surface area contributed by atoms with Crippen molar-refractivity contribution in [1.29, 1.82) is 0 Å². The summed E-state index contributed by atoms with van der Waals surface area (Å²) in [5.74, 6) is -0.169. The van der Waals surface area contributed by atoms with Crippen LogP contribution in [-0.4, -0.2) is 16.2 Å². The van der Waals surface area contributed by atoms with Gasteiger partial charge in [0.2, 0.25) is 0 Å². The van der Waals surface area contributed by atoms with Crippen LogP contribution in [0.1, 0.15) is 67.4 Å². The van der Waals surface area contributed by atoms with E-state index < -0.39 is 0 Å². The molecule has 0 atom stereocenters. The Bertz CT molecular complexity index is 921. The van der Waals surface area contributed by atoms with Gasteiger partial charge in [0.05, 0.1) is 0 Å². The van der Waals surface area contributed by atoms with Crippen molar-refractivity contribution in [2.45, 2.75) is 57.8 Å². The number of pyridine rings is 1. The fourth-order valence-corrected chi connectivity index (χ4v) is 4.28. The van der Waals surface area contributed by atoms with Crippen LogP contribution in [0.3, 0.4) is 0 Å². The molecule has 0 saturated heterocycles. The van der Waals surface area contributed by atoms with Gasteiger partial charge in [0.25, 0.3) is 5.91 Å². The van der Waals surface area contributed by atoms with Gasteiger partial charge in [0.1, 0.15) is 5.69 Å². The van der Waals surface area contributed by atoms with Crippen molar-refractivity contribution in [2.24, 2.45) is 0 Å². The van der Waals surface area contributed by atoms with Gasteiger partial charge in [0.15, 0.2) is 0 Å². The number of aryl methyl sites for hydroxylation is 1. The molecule has 0 spiro atoms. The highest BCUT2D eigenvalue weighted by Crippen LogP contribution is 2.29. The summed E-state index contributed by atoms with van der Waals surface area (Å²) in [4.78, 5) is 16.8. The van der Waals surface area contributed by atoms with E-state index in [-0.39, 0.29) is 5.91 Å². The van der Waals surface area contributed by atoms with Crippen molar-refractivity contribution in [3.8, 4) is 0 Å². The maximum atomic E-state index is 12.6. The maximum Gasteiger partial charge on any atom is 0.274 e. The molecular formula is C26H31BrN2O. The first-order chi connectivity index (χ1) is 14.8. The summed E-state index contributed by atoms with van der Waals surface area (Å²) >= 11 is 3.50. The van der Waals surface area contributed by atoms with Gasteiger partial charge in [-0.1, -0.05) is 90.9 Å². The Kier molecular flexibility index (Phi) is 9.36. The zero-order valence-electron chi connectivity index (χ0n) is 17.6. The third-order valence-corrected chi connectivity index (χ3v) is 6.03. The van der Waals surface area contributed by atoms with Crippen molar-refractivity contribution in [1.82, 2.24) is 4.98 Å². The summed E-state index contributed by atoms with van der Waals surface area (Å²) in [6.45, 7) is 0. The second kappa shape index (κ2) is 12.5. The number of aromatic nitrogens is 1. The Morgan fingerprint density at radius 2 is 1.50 bits per heavy atom. The maximum absolute atomic E-state index is 12.6. The highest BCUT2D eigenvalue weighted by atomic mass is 79.9.